The number of nitrogens with two attached hydrogens (primary N) is 1. The zero-order valence-electron chi connectivity index (χ0n) is 25.3. The quantitative estimate of drug-likeness (QED) is 0.668. The Morgan fingerprint density at radius 2 is 1.72 bits per heavy atom. The van der Waals surface area contributed by atoms with Gasteiger partial charge in [-0.1, -0.05) is 53.5 Å². The van der Waals surface area contributed by atoms with Crippen molar-refractivity contribution in [1.82, 2.24) is 4.57 Å². The molecule has 0 fully saturated rings. The molecule has 29 heavy (non-hydrogen) atoms. The molecule has 0 aliphatic rings. The summed E-state index contributed by atoms with van der Waals surface area (Å²) >= 11 is 0. The van der Waals surface area contributed by atoms with Gasteiger partial charge in [0.05, 0.1) is 11.2 Å². The third kappa shape index (κ3) is 3.65. The van der Waals surface area contributed by atoms with Crippen molar-refractivity contribution in [2.45, 2.75) is 52.2 Å². The molecule has 1 aromatic heterocycles. The van der Waals surface area contributed by atoms with E-state index in [0.29, 0.717) is 5.52 Å². The van der Waals surface area contributed by atoms with Crippen LogP contribution in [0.4, 0.5) is 0 Å². The molecule has 0 saturated heterocycles. The Kier molecular flexibility index (Phi) is 2.75. The fraction of sp³-hybridized carbons (Fsp3) is 0.333. The van der Waals surface area contributed by atoms with Crippen molar-refractivity contribution in [3.05, 3.63) is 69.5 Å². The van der Waals surface area contributed by atoms with Gasteiger partial charge < -0.3 is 15.4 Å². The van der Waals surface area contributed by atoms with Crippen LogP contribution in [0, 0.1) is 0 Å². The number of benzene rings is 2. The maximum atomic E-state index is 12.9. The standard InChI is InChI=1S/C24H28N2O3/c1-23(2,3)16-11-17(24(4,5)6)20(27)12-19(16)26-13-15(22(25)29)21(28)14-9-7-8-10-18(14)26/h7-13,27H,1-6H3,(H2,25,29)/i4D3,5D3,6D3. The van der Waals surface area contributed by atoms with Crippen LogP contribution in [-0.2, 0) is 10.8 Å². The zero-order chi connectivity index (χ0) is 29.2. The van der Waals surface area contributed by atoms with Crippen LogP contribution in [0.3, 0.4) is 0 Å². The zero-order valence-corrected chi connectivity index (χ0v) is 16.3. The molecule has 5 nitrogen and oxygen atoms in total. The van der Waals surface area contributed by atoms with E-state index in [-0.39, 0.29) is 22.2 Å². The summed E-state index contributed by atoms with van der Waals surface area (Å²) in [5, 5.41) is 11.3. The Labute approximate surface area is 183 Å². The summed E-state index contributed by atoms with van der Waals surface area (Å²) in [4.78, 5) is 25.0. The molecule has 0 atom stereocenters. The van der Waals surface area contributed by atoms with E-state index in [1.807, 2.05) is 0 Å². The number of pyridine rings is 1. The van der Waals surface area contributed by atoms with Gasteiger partial charge in [0, 0.05) is 30.0 Å². The molecule has 0 bridgehead atoms. The van der Waals surface area contributed by atoms with Crippen molar-refractivity contribution in [3.63, 3.8) is 0 Å². The number of hydrogen-bond acceptors (Lipinski definition) is 3. The van der Waals surface area contributed by atoms with E-state index in [1.165, 1.54) is 16.8 Å². The third-order valence-electron chi connectivity index (χ3n) is 4.76. The van der Waals surface area contributed by atoms with Crippen LogP contribution in [0.1, 0.15) is 75.1 Å². The lowest BCUT2D eigenvalue weighted by Gasteiger charge is -2.29. The molecule has 0 unspecified atom stereocenters. The number of aromatic hydroxyl groups is 1. The number of hydrogen-bond donors (Lipinski definition) is 2. The van der Waals surface area contributed by atoms with Crippen LogP contribution in [-0.4, -0.2) is 15.6 Å². The maximum absolute atomic E-state index is 12.9. The average molecular weight is 402 g/mol. The van der Waals surface area contributed by atoms with E-state index in [4.69, 9.17) is 18.1 Å². The van der Waals surface area contributed by atoms with Gasteiger partial charge in [0.15, 0.2) is 0 Å². The van der Waals surface area contributed by atoms with Crippen molar-refractivity contribution in [3.8, 4) is 11.4 Å². The van der Waals surface area contributed by atoms with Crippen molar-refractivity contribution < 1.29 is 22.2 Å². The highest BCUT2D eigenvalue weighted by Crippen LogP contribution is 2.39. The van der Waals surface area contributed by atoms with Crippen LogP contribution in [0.5, 0.6) is 5.75 Å². The minimum absolute atomic E-state index is 0.133. The van der Waals surface area contributed by atoms with E-state index in [1.54, 1.807) is 39.0 Å². The first kappa shape index (κ1) is 11.8. The molecule has 2 aromatic carbocycles. The molecule has 3 aromatic rings. The van der Waals surface area contributed by atoms with E-state index < -0.39 is 54.0 Å². The Morgan fingerprint density at radius 3 is 2.31 bits per heavy atom. The van der Waals surface area contributed by atoms with Gasteiger partial charge in [-0.15, -0.1) is 0 Å². The highest BCUT2D eigenvalue weighted by molar-refractivity contribution is 5.96. The van der Waals surface area contributed by atoms with Gasteiger partial charge in [-0.2, -0.15) is 0 Å². The number of phenols is 1. The van der Waals surface area contributed by atoms with Gasteiger partial charge in [-0.3, -0.25) is 9.59 Å². The number of aromatic nitrogens is 1. The molecular weight excluding hydrogens is 364 g/mol. The fourth-order valence-electron chi connectivity index (χ4n) is 3.33. The van der Waals surface area contributed by atoms with Gasteiger partial charge in [-0.25, -0.2) is 0 Å². The van der Waals surface area contributed by atoms with Crippen LogP contribution >= 0.6 is 0 Å². The predicted octanol–water partition coefficient (Wildman–Crippen LogP) is 4.39. The number of amides is 1. The summed E-state index contributed by atoms with van der Waals surface area (Å²) in [7, 11) is 0. The summed E-state index contributed by atoms with van der Waals surface area (Å²) in [6.45, 7) is -5.60. The molecule has 0 aliphatic heterocycles. The second-order valence-electron chi connectivity index (χ2n) is 8.01. The first-order valence-electron chi connectivity index (χ1n) is 13.4. The Bertz CT molecular complexity index is 1440. The van der Waals surface area contributed by atoms with Gasteiger partial charge in [-0.05, 0) is 40.2 Å². The molecule has 152 valence electrons. The lowest BCUT2D eigenvalue weighted by Crippen LogP contribution is -2.25. The molecule has 3 N–H and O–H groups in total. The van der Waals surface area contributed by atoms with Gasteiger partial charge in [0.2, 0.25) is 5.43 Å². The highest BCUT2D eigenvalue weighted by Gasteiger charge is 2.27. The van der Waals surface area contributed by atoms with E-state index >= 15 is 0 Å². The topological polar surface area (TPSA) is 85.3 Å². The third-order valence-corrected chi connectivity index (χ3v) is 4.76. The number of rotatable bonds is 2. The van der Waals surface area contributed by atoms with Crippen LogP contribution < -0.4 is 11.2 Å². The molecule has 3 rings (SSSR count). The minimum atomic E-state index is -3.58. The van der Waals surface area contributed by atoms with Crippen LogP contribution in [0.25, 0.3) is 16.6 Å². The van der Waals surface area contributed by atoms with Gasteiger partial charge in [0.1, 0.15) is 11.3 Å². The summed E-state index contributed by atoms with van der Waals surface area (Å²) in [6, 6.07) is 8.41. The summed E-state index contributed by atoms with van der Waals surface area (Å²) in [5.74, 6) is -1.89. The van der Waals surface area contributed by atoms with E-state index in [2.05, 4.69) is 0 Å². The summed E-state index contributed by atoms with van der Waals surface area (Å²) < 4.78 is 73.8. The molecule has 0 aliphatic carbocycles. The first-order chi connectivity index (χ1) is 17.1. The van der Waals surface area contributed by atoms with Crippen LogP contribution in [0.15, 0.2) is 47.4 Å². The number of nitrogens with zero attached hydrogens (tertiary/aromatic N) is 1. The second kappa shape index (κ2) is 6.76. The monoisotopic (exact) mass is 401 g/mol. The maximum Gasteiger partial charge on any atom is 0.254 e. The van der Waals surface area contributed by atoms with Crippen LogP contribution in [0.2, 0.25) is 0 Å². The average Bonchev–Trinajstić information content (AvgIpc) is 2.71. The molecule has 1 amide bonds. The van der Waals surface area contributed by atoms with Gasteiger partial charge in [0.25, 0.3) is 5.91 Å². The molecule has 0 spiro atoms. The lowest BCUT2D eigenvalue weighted by molar-refractivity contribution is 0.0999. The van der Waals surface area contributed by atoms with Gasteiger partial charge >= 0.3 is 0 Å². The molecule has 1 heterocycles. The number of carbonyl (C=O) groups is 1. The Balaban J connectivity index is 2.61. The number of carbonyl (C=O) groups excluding carboxylic acids is 1. The fourth-order valence-corrected chi connectivity index (χ4v) is 3.33. The first-order valence-corrected chi connectivity index (χ1v) is 8.90. The molecule has 5 heteroatoms. The normalized spacial score (nSPS) is 18.2. The number of para-hydroxylation sites is 1. The van der Waals surface area contributed by atoms with E-state index in [9.17, 15) is 14.7 Å². The Hall–Kier alpha value is -3.08. The van der Waals surface area contributed by atoms with E-state index in [0.717, 1.165) is 12.1 Å². The SMILES string of the molecule is [2H]C([2H])([2H])C(c1cc(C(C)(C)C)c(-n2cc(C(N)=O)c(=O)c3ccccc32)cc1O)(C([2H])([2H])[2H])C([2H])([2H])[2H]. The molecule has 0 radical (unpaired) electrons. The molecule has 0 saturated carbocycles. The Morgan fingerprint density at radius 1 is 1.07 bits per heavy atom. The number of fused-ring (bicyclic) bond motifs is 1. The smallest absolute Gasteiger partial charge is 0.254 e. The second-order valence-corrected chi connectivity index (χ2v) is 8.01. The lowest BCUT2D eigenvalue weighted by atomic mass is 9.79. The van der Waals surface area contributed by atoms with Crippen molar-refractivity contribution >= 4 is 16.8 Å². The van der Waals surface area contributed by atoms with Crippen molar-refractivity contribution in [2.75, 3.05) is 0 Å². The predicted molar refractivity (Wildman–Crippen MR) is 117 cm³/mol. The number of phenolic OH excluding ortho intramolecular Hbond substituents is 1. The van der Waals surface area contributed by atoms with Crippen molar-refractivity contribution in [2.24, 2.45) is 5.73 Å². The number of primary amides is 1. The summed E-state index contributed by atoms with van der Waals surface area (Å²) in [5.41, 5.74) is 0.100. The highest BCUT2D eigenvalue weighted by atomic mass is 16.3. The summed E-state index contributed by atoms with van der Waals surface area (Å²) in [6.07, 6.45) is 1.18. The minimum Gasteiger partial charge on any atom is -0.508 e. The van der Waals surface area contributed by atoms with Crippen molar-refractivity contribution in [1.29, 1.82) is 0 Å². The largest absolute Gasteiger partial charge is 0.508 e. The molecular formula is C24H28N2O3.